The molecule has 3 heterocycles. The summed E-state index contributed by atoms with van der Waals surface area (Å²) in [5.41, 5.74) is 0.712. The zero-order valence-electron chi connectivity index (χ0n) is 11.2. The van der Waals surface area contributed by atoms with Crippen molar-refractivity contribution < 1.29 is 9.21 Å². The van der Waals surface area contributed by atoms with Crippen molar-refractivity contribution in [3.05, 3.63) is 29.5 Å². The molecule has 4 nitrogen and oxygen atoms in total. The van der Waals surface area contributed by atoms with E-state index in [1.807, 2.05) is 34.2 Å². The molecule has 1 aliphatic heterocycles. The van der Waals surface area contributed by atoms with Crippen LogP contribution in [0.25, 0.3) is 10.8 Å². The van der Waals surface area contributed by atoms with E-state index in [9.17, 15) is 4.79 Å². The largest absolute Gasteiger partial charge is 0.444 e. The lowest BCUT2D eigenvalue weighted by Crippen LogP contribution is -2.41. The third-order valence-corrected chi connectivity index (χ3v) is 5.20. The molecular formula is C14H16N2O2S2. The molecule has 20 heavy (non-hydrogen) atoms. The fourth-order valence-corrected chi connectivity index (χ4v) is 3.88. The Morgan fingerprint density at radius 3 is 3.25 bits per heavy atom. The molecule has 2 aromatic rings. The van der Waals surface area contributed by atoms with Gasteiger partial charge in [-0.25, -0.2) is 4.98 Å². The van der Waals surface area contributed by atoms with Crippen LogP contribution in [0.1, 0.15) is 12.6 Å². The van der Waals surface area contributed by atoms with Crippen LogP contribution in [0.15, 0.2) is 28.2 Å². The number of aromatic nitrogens is 1. The second-order valence-corrected chi connectivity index (χ2v) is 7.31. The van der Waals surface area contributed by atoms with Crippen LogP contribution in [-0.4, -0.2) is 39.9 Å². The summed E-state index contributed by atoms with van der Waals surface area (Å²) in [4.78, 5) is 19.6. The SMILES string of the molecule is C[C@H]1CN(C(=O)Cc2coc(-c3cccs3)n2)CCS1. The topological polar surface area (TPSA) is 46.3 Å². The molecular weight excluding hydrogens is 292 g/mol. The number of hydrogen-bond acceptors (Lipinski definition) is 5. The van der Waals surface area contributed by atoms with Crippen molar-refractivity contribution in [1.29, 1.82) is 0 Å². The Morgan fingerprint density at radius 2 is 2.50 bits per heavy atom. The number of carbonyl (C=O) groups excluding carboxylic acids is 1. The van der Waals surface area contributed by atoms with Crippen LogP contribution >= 0.6 is 23.1 Å². The summed E-state index contributed by atoms with van der Waals surface area (Å²) in [6, 6.07) is 3.92. The minimum absolute atomic E-state index is 0.142. The Morgan fingerprint density at radius 1 is 1.60 bits per heavy atom. The van der Waals surface area contributed by atoms with E-state index < -0.39 is 0 Å². The molecule has 1 fully saturated rings. The van der Waals surface area contributed by atoms with Gasteiger partial charge in [0.2, 0.25) is 11.8 Å². The first-order chi connectivity index (χ1) is 9.72. The molecule has 3 rings (SSSR count). The van der Waals surface area contributed by atoms with Crippen LogP contribution in [0.4, 0.5) is 0 Å². The highest BCUT2D eigenvalue weighted by Gasteiger charge is 2.22. The van der Waals surface area contributed by atoms with Gasteiger partial charge >= 0.3 is 0 Å². The zero-order chi connectivity index (χ0) is 13.9. The van der Waals surface area contributed by atoms with Crippen molar-refractivity contribution in [2.45, 2.75) is 18.6 Å². The highest BCUT2D eigenvalue weighted by atomic mass is 32.2. The number of amides is 1. The van der Waals surface area contributed by atoms with E-state index in [0.717, 1.165) is 23.7 Å². The standard InChI is InChI=1S/C14H16N2O2S2/c1-10-8-16(4-6-19-10)13(17)7-11-9-18-14(15-11)12-3-2-5-20-12/h2-3,5,9-10H,4,6-8H2,1H3/t10-/m0/s1. The van der Waals surface area contributed by atoms with Crippen molar-refractivity contribution in [1.82, 2.24) is 9.88 Å². The Labute approximate surface area is 126 Å². The van der Waals surface area contributed by atoms with E-state index in [4.69, 9.17) is 4.42 Å². The number of thiophene rings is 1. The molecule has 106 valence electrons. The van der Waals surface area contributed by atoms with Gasteiger partial charge in [0.25, 0.3) is 0 Å². The predicted molar refractivity (Wildman–Crippen MR) is 82.0 cm³/mol. The average molecular weight is 308 g/mol. The first kappa shape index (κ1) is 13.7. The molecule has 0 saturated carbocycles. The maximum Gasteiger partial charge on any atom is 0.236 e. The fourth-order valence-electron chi connectivity index (χ4n) is 2.21. The van der Waals surface area contributed by atoms with Crippen molar-refractivity contribution in [3.8, 4) is 10.8 Å². The summed E-state index contributed by atoms with van der Waals surface area (Å²) in [5.74, 6) is 1.76. The highest BCUT2D eigenvalue weighted by molar-refractivity contribution is 7.99. The van der Waals surface area contributed by atoms with Gasteiger partial charge < -0.3 is 9.32 Å². The van der Waals surface area contributed by atoms with E-state index in [0.29, 0.717) is 23.3 Å². The molecule has 0 N–H and O–H groups in total. The summed E-state index contributed by atoms with van der Waals surface area (Å²) < 4.78 is 5.44. The lowest BCUT2D eigenvalue weighted by molar-refractivity contribution is -0.130. The Hall–Kier alpha value is -1.27. The van der Waals surface area contributed by atoms with Crippen LogP contribution in [0.5, 0.6) is 0 Å². The summed E-state index contributed by atoms with van der Waals surface area (Å²) in [6.07, 6.45) is 1.92. The molecule has 1 atom stereocenters. The molecule has 2 aromatic heterocycles. The summed E-state index contributed by atoms with van der Waals surface area (Å²) >= 11 is 3.50. The molecule has 0 radical (unpaired) electrons. The number of rotatable bonds is 3. The molecule has 0 bridgehead atoms. The van der Waals surface area contributed by atoms with Gasteiger partial charge in [-0.3, -0.25) is 4.79 Å². The minimum atomic E-state index is 0.142. The zero-order valence-corrected chi connectivity index (χ0v) is 12.9. The van der Waals surface area contributed by atoms with E-state index >= 15 is 0 Å². The maximum atomic E-state index is 12.2. The van der Waals surface area contributed by atoms with Crippen LogP contribution < -0.4 is 0 Å². The summed E-state index contributed by atoms with van der Waals surface area (Å²) in [5, 5.41) is 2.50. The molecule has 0 aromatic carbocycles. The number of hydrogen-bond donors (Lipinski definition) is 0. The van der Waals surface area contributed by atoms with Crippen LogP contribution in [-0.2, 0) is 11.2 Å². The quantitative estimate of drug-likeness (QED) is 0.874. The number of thioether (sulfide) groups is 1. The minimum Gasteiger partial charge on any atom is -0.444 e. The summed E-state index contributed by atoms with van der Waals surface area (Å²) in [6.45, 7) is 3.83. The van der Waals surface area contributed by atoms with Crippen molar-refractivity contribution in [2.75, 3.05) is 18.8 Å². The van der Waals surface area contributed by atoms with Gasteiger partial charge in [0.15, 0.2) is 0 Å². The normalized spacial score (nSPS) is 19.2. The van der Waals surface area contributed by atoms with Gasteiger partial charge in [-0.15, -0.1) is 11.3 Å². The summed E-state index contributed by atoms with van der Waals surface area (Å²) in [7, 11) is 0. The van der Waals surface area contributed by atoms with Gasteiger partial charge in [0.1, 0.15) is 6.26 Å². The van der Waals surface area contributed by atoms with Gasteiger partial charge in [0.05, 0.1) is 17.0 Å². The smallest absolute Gasteiger partial charge is 0.236 e. The Balaban J connectivity index is 1.64. The van der Waals surface area contributed by atoms with E-state index in [2.05, 4.69) is 11.9 Å². The maximum absolute atomic E-state index is 12.2. The monoisotopic (exact) mass is 308 g/mol. The number of nitrogens with zero attached hydrogens (tertiary/aromatic N) is 2. The van der Waals surface area contributed by atoms with Gasteiger partial charge in [-0.05, 0) is 11.4 Å². The first-order valence-electron chi connectivity index (χ1n) is 6.60. The van der Waals surface area contributed by atoms with Crippen LogP contribution in [0.3, 0.4) is 0 Å². The van der Waals surface area contributed by atoms with Crippen molar-refractivity contribution >= 4 is 29.0 Å². The molecule has 0 aliphatic carbocycles. The molecule has 1 amide bonds. The van der Waals surface area contributed by atoms with Crippen LogP contribution in [0, 0.1) is 0 Å². The fraction of sp³-hybridized carbons (Fsp3) is 0.429. The first-order valence-corrected chi connectivity index (χ1v) is 8.53. The molecule has 0 unspecified atom stereocenters. The van der Waals surface area contributed by atoms with Crippen molar-refractivity contribution in [3.63, 3.8) is 0 Å². The van der Waals surface area contributed by atoms with E-state index in [-0.39, 0.29) is 5.91 Å². The van der Waals surface area contributed by atoms with Gasteiger partial charge in [-0.2, -0.15) is 11.8 Å². The second-order valence-electron chi connectivity index (χ2n) is 4.82. The van der Waals surface area contributed by atoms with Gasteiger partial charge in [-0.1, -0.05) is 13.0 Å². The number of carbonyl (C=O) groups is 1. The third-order valence-electron chi connectivity index (χ3n) is 3.21. The average Bonchev–Trinajstić information content (AvgIpc) is 3.08. The lowest BCUT2D eigenvalue weighted by atomic mass is 10.2. The molecule has 1 aliphatic rings. The molecule has 1 saturated heterocycles. The third kappa shape index (κ3) is 3.07. The second kappa shape index (κ2) is 6.01. The Kier molecular flexibility index (Phi) is 4.12. The predicted octanol–water partition coefficient (Wildman–Crippen LogP) is 2.91. The van der Waals surface area contributed by atoms with Crippen molar-refractivity contribution in [2.24, 2.45) is 0 Å². The number of oxazole rings is 1. The highest BCUT2D eigenvalue weighted by Crippen LogP contribution is 2.24. The van der Waals surface area contributed by atoms with E-state index in [1.54, 1.807) is 17.6 Å². The van der Waals surface area contributed by atoms with E-state index in [1.165, 1.54) is 0 Å². The van der Waals surface area contributed by atoms with Gasteiger partial charge in [0, 0.05) is 24.1 Å². The van der Waals surface area contributed by atoms with Crippen LogP contribution in [0.2, 0.25) is 0 Å². The molecule has 0 spiro atoms. The Bertz CT molecular complexity index is 580. The lowest BCUT2D eigenvalue weighted by Gasteiger charge is -2.30. The molecule has 6 heteroatoms.